The molecule has 6 heteroatoms. The molecule has 0 saturated carbocycles. The number of piperidine rings is 2. The van der Waals surface area contributed by atoms with Gasteiger partial charge in [-0.3, -0.25) is 9.59 Å². The van der Waals surface area contributed by atoms with Crippen molar-refractivity contribution in [3.63, 3.8) is 0 Å². The molecule has 2 aliphatic rings. The van der Waals surface area contributed by atoms with E-state index in [2.05, 4.69) is 23.8 Å². The van der Waals surface area contributed by atoms with Crippen LogP contribution in [0.4, 0.5) is 0 Å². The molecule has 1 aromatic rings. The Hall–Kier alpha value is -1.98. The summed E-state index contributed by atoms with van der Waals surface area (Å²) in [5.41, 5.74) is 1.38. The van der Waals surface area contributed by atoms with Crippen molar-refractivity contribution in [1.82, 2.24) is 19.8 Å². The van der Waals surface area contributed by atoms with Crippen LogP contribution in [0.3, 0.4) is 0 Å². The average molecular weight is 373 g/mol. The molecule has 27 heavy (non-hydrogen) atoms. The van der Waals surface area contributed by atoms with Crippen molar-refractivity contribution in [2.24, 2.45) is 11.3 Å². The number of carbonyl (C=O) groups excluding carboxylic acids is 2. The van der Waals surface area contributed by atoms with Crippen molar-refractivity contribution in [1.29, 1.82) is 0 Å². The number of likely N-dealkylation sites (tertiary alicyclic amines) is 2. The Balaban J connectivity index is 1.72. The predicted octanol–water partition coefficient (Wildman–Crippen LogP) is 2.98. The third-order valence-electron chi connectivity index (χ3n) is 6.00. The minimum atomic E-state index is 0.0252. The summed E-state index contributed by atoms with van der Waals surface area (Å²) in [5.74, 6) is 1.57. The Morgan fingerprint density at radius 1 is 1.26 bits per heavy atom. The van der Waals surface area contributed by atoms with Gasteiger partial charge in [-0.1, -0.05) is 13.8 Å². The second-order valence-electron chi connectivity index (χ2n) is 8.74. The SMILES string of the molecule is Cc1ncc(C(=O)N2CCC[C@@]3(CCC(=O)N(CCC(C)C)C3)C2)c(C)n1. The van der Waals surface area contributed by atoms with Gasteiger partial charge in [0.05, 0.1) is 11.3 Å². The van der Waals surface area contributed by atoms with Gasteiger partial charge >= 0.3 is 0 Å². The monoisotopic (exact) mass is 372 g/mol. The highest BCUT2D eigenvalue weighted by Gasteiger charge is 2.42. The highest BCUT2D eigenvalue weighted by atomic mass is 16.2. The summed E-state index contributed by atoms with van der Waals surface area (Å²) in [6, 6.07) is 0. The van der Waals surface area contributed by atoms with Crippen LogP contribution in [0.5, 0.6) is 0 Å². The van der Waals surface area contributed by atoms with E-state index in [1.165, 1.54) is 0 Å². The van der Waals surface area contributed by atoms with Crippen LogP contribution in [-0.2, 0) is 4.79 Å². The van der Waals surface area contributed by atoms with E-state index in [0.29, 0.717) is 23.7 Å². The second-order valence-corrected chi connectivity index (χ2v) is 8.74. The predicted molar refractivity (Wildman–Crippen MR) is 104 cm³/mol. The van der Waals surface area contributed by atoms with E-state index < -0.39 is 0 Å². The first-order valence-corrected chi connectivity index (χ1v) is 10.2. The topological polar surface area (TPSA) is 66.4 Å². The van der Waals surface area contributed by atoms with Gasteiger partial charge < -0.3 is 9.80 Å². The molecule has 0 N–H and O–H groups in total. The number of aromatic nitrogens is 2. The molecule has 1 atom stereocenters. The van der Waals surface area contributed by atoms with Gasteiger partial charge in [-0.25, -0.2) is 9.97 Å². The van der Waals surface area contributed by atoms with Crippen LogP contribution in [0.1, 0.15) is 67.8 Å². The molecule has 3 rings (SSSR count). The summed E-state index contributed by atoms with van der Waals surface area (Å²) >= 11 is 0. The molecule has 2 fully saturated rings. The summed E-state index contributed by atoms with van der Waals surface area (Å²) in [6.45, 7) is 11.2. The van der Waals surface area contributed by atoms with Crippen LogP contribution in [0.15, 0.2) is 6.20 Å². The second kappa shape index (κ2) is 7.95. The first-order chi connectivity index (χ1) is 12.8. The van der Waals surface area contributed by atoms with Crippen LogP contribution in [0, 0.1) is 25.2 Å². The lowest BCUT2D eigenvalue weighted by molar-refractivity contribution is -0.139. The minimum Gasteiger partial charge on any atom is -0.342 e. The smallest absolute Gasteiger partial charge is 0.257 e. The molecule has 2 saturated heterocycles. The molecular weight excluding hydrogens is 340 g/mol. The molecule has 6 nitrogen and oxygen atoms in total. The number of rotatable bonds is 4. The van der Waals surface area contributed by atoms with E-state index in [1.54, 1.807) is 6.20 Å². The number of nitrogens with zero attached hydrogens (tertiary/aromatic N) is 4. The van der Waals surface area contributed by atoms with Gasteiger partial charge in [0.25, 0.3) is 5.91 Å². The molecule has 148 valence electrons. The fourth-order valence-corrected chi connectivity index (χ4v) is 4.40. The van der Waals surface area contributed by atoms with E-state index in [4.69, 9.17) is 0 Å². The summed E-state index contributed by atoms with van der Waals surface area (Å²) in [4.78, 5) is 38.0. The van der Waals surface area contributed by atoms with Crippen LogP contribution in [-0.4, -0.2) is 57.8 Å². The number of hydrogen-bond donors (Lipinski definition) is 0. The Morgan fingerprint density at radius 2 is 2.04 bits per heavy atom. The molecule has 1 aromatic heterocycles. The van der Waals surface area contributed by atoms with Crippen molar-refractivity contribution in [2.75, 3.05) is 26.2 Å². The first-order valence-electron chi connectivity index (χ1n) is 10.2. The Bertz CT molecular complexity index is 718. The maximum atomic E-state index is 13.1. The molecule has 0 radical (unpaired) electrons. The van der Waals surface area contributed by atoms with Gasteiger partial charge in [-0.2, -0.15) is 0 Å². The van der Waals surface area contributed by atoms with Gasteiger partial charge in [-0.15, -0.1) is 0 Å². The zero-order valence-corrected chi connectivity index (χ0v) is 17.1. The number of amides is 2. The van der Waals surface area contributed by atoms with Crippen LogP contribution in [0.25, 0.3) is 0 Å². The number of hydrogen-bond acceptors (Lipinski definition) is 4. The van der Waals surface area contributed by atoms with Crippen molar-refractivity contribution in [3.8, 4) is 0 Å². The Labute approximate surface area is 162 Å². The van der Waals surface area contributed by atoms with E-state index in [-0.39, 0.29) is 17.2 Å². The van der Waals surface area contributed by atoms with Crippen LogP contribution in [0.2, 0.25) is 0 Å². The van der Waals surface area contributed by atoms with Crippen LogP contribution < -0.4 is 0 Å². The largest absolute Gasteiger partial charge is 0.342 e. The molecule has 0 bridgehead atoms. The molecule has 2 aliphatic heterocycles. The highest BCUT2D eigenvalue weighted by molar-refractivity contribution is 5.95. The zero-order chi connectivity index (χ0) is 19.6. The van der Waals surface area contributed by atoms with E-state index >= 15 is 0 Å². The average Bonchev–Trinajstić information content (AvgIpc) is 2.62. The molecular formula is C21H32N4O2. The summed E-state index contributed by atoms with van der Waals surface area (Å²) in [6.07, 6.45) is 6.25. The lowest BCUT2D eigenvalue weighted by atomic mass is 9.73. The molecule has 0 unspecified atom stereocenters. The fourth-order valence-electron chi connectivity index (χ4n) is 4.40. The summed E-state index contributed by atoms with van der Waals surface area (Å²) in [5, 5.41) is 0. The molecule has 3 heterocycles. The lowest BCUT2D eigenvalue weighted by Gasteiger charge is -2.48. The Kier molecular flexibility index (Phi) is 5.82. The molecule has 0 aliphatic carbocycles. The standard InChI is InChI=1S/C21H32N4O2/c1-15(2)7-11-24-13-21(9-6-19(24)26)8-5-10-25(14-21)20(27)18-12-22-17(4)23-16(18)3/h12,15H,5-11,13-14H2,1-4H3/t21-/m0/s1. The van der Waals surface area contributed by atoms with Gasteiger partial charge in [0.2, 0.25) is 5.91 Å². The quantitative estimate of drug-likeness (QED) is 0.815. The van der Waals surface area contributed by atoms with Crippen molar-refractivity contribution >= 4 is 11.8 Å². The molecule has 0 aromatic carbocycles. The molecule has 1 spiro atoms. The fraction of sp³-hybridized carbons (Fsp3) is 0.714. The zero-order valence-electron chi connectivity index (χ0n) is 17.1. The van der Waals surface area contributed by atoms with E-state index in [0.717, 1.165) is 57.6 Å². The third-order valence-corrected chi connectivity index (χ3v) is 6.00. The lowest BCUT2D eigenvalue weighted by Crippen LogP contribution is -2.55. The van der Waals surface area contributed by atoms with Gasteiger partial charge in [-0.05, 0) is 45.4 Å². The normalized spacial score (nSPS) is 23.4. The van der Waals surface area contributed by atoms with Gasteiger partial charge in [0, 0.05) is 44.2 Å². The maximum Gasteiger partial charge on any atom is 0.257 e. The van der Waals surface area contributed by atoms with E-state index in [9.17, 15) is 9.59 Å². The van der Waals surface area contributed by atoms with E-state index in [1.807, 2.05) is 23.6 Å². The molecule has 2 amide bonds. The summed E-state index contributed by atoms with van der Waals surface area (Å²) < 4.78 is 0. The van der Waals surface area contributed by atoms with Gasteiger partial charge in [0.1, 0.15) is 5.82 Å². The third kappa shape index (κ3) is 4.47. The first kappa shape index (κ1) is 19.8. The summed E-state index contributed by atoms with van der Waals surface area (Å²) in [7, 11) is 0. The van der Waals surface area contributed by atoms with Crippen molar-refractivity contribution in [2.45, 2.75) is 59.8 Å². The Morgan fingerprint density at radius 3 is 2.74 bits per heavy atom. The van der Waals surface area contributed by atoms with Crippen molar-refractivity contribution < 1.29 is 9.59 Å². The number of aryl methyl sites for hydroxylation is 2. The number of carbonyl (C=O) groups is 2. The highest BCUT2D eigenvalue weighted by Crippen LogP contribution is 2.39. The van der Waals surface area contributed by atoms with Gasteiger partial charge in [0.15, 0.2) is 0 Å². The minimum absolute atomic E-state index is 0.0252. The van der Waals surface area contributed by atoms with Crippen molar-refractivity contribution in [3.05, 3.63) is 23.3 Å². The van der Waals surface area contributed by atoms with Crippen LogP contribution >= 0.6 is 0 Å². The maximum absolute atomic E-state index is 13.1.